The van der Waals surface area contributed by atoms with Crippen molar-refractivity contribution < 1.29 is 18.4 Å². The summed E-state index contributed by atoms with van der Waals surface area (Å²) in [4.78, 5) is 39.8. The zero-order valence-electron chi connectivity index (χ0n) is 16.0. The topological polar surface area (TPSA) is 71.4 Å². The number of benzene rings is 2. The van der Waals surface area contributed by atoms with Crippen LogP contribution in [0.5, 0.6) is 0 Å². The van der Waals surface area contributed by atoms with E-state index in [9.17, 15) is 23.2 Å². The lowest BCUT2D eigenvalue weighted by molar-refractivity contribution is -0.116. The molecule has 1 aliphatic rings. The van der Waals surface area contributed by atoms with Gasteiger partial charge in [0, 0.05) is 30.6 Å². The van der Waals surface area contributed by atoms with Gasteiger partial charge in [0.1, 0.15) is 18.2 Å². The maximum atomic E-state index is 13.8. The molecular formula is C22H19F2N3O3. The number of carbonyl (C=O) groups excluding carboxylic acids is 2. The van der Waals surface area contributed by atoms with Gasteiger partial charge in [0.15, 0.2) is 0 Å². The maximum absolute atomic E-state index is 13.8. The van der Waals surface area contributed by atoms with Crippen molar-refractivity contribution in [1.82, 2.24) is 9.47 Å². The second-order valence-electron chi connectivity index (χ2n) is 7.17. The fourth-order valence-electron chi connectivity index (χ4n) is 3.69. The number of pyridine rings is 1. The predicted octanol–water partition coefficient (Wildman–Crippen LogP) is 3.15. The van der Waals surface area contributed by atoms with Gasteiger partial charge in [-0.25, -0.2) is 8.78 Å². The van der Waals surface area contributed by atoms with Crippen LogP contribution in [0.1, 0.15) is 23.2 Å². The van der Waals surface area contributed by atoms with Gasteiger partial charge in [0.2, 0.25) is 5.91 Å². The van der Waals surface area contributed by atoms with Gasteiger partial charge in [-0.3, -0.25) is 19.0 Å². The van der Waals surface area contributed by atoms with E-state index < -0.39 is 23.1 Å². The van der Waals surface area contributed by atoms with Crippen molar-refractivity contribution >= 4 is 28.4 Å². The zero-order chi connectivity index (χ0) is 21.3. The minimum atomic E-state index is -0.910. The number of rotatable bonds is 4. The molecule has 0 radical (unpaired) electrons. The highest BCUT2D eigenvalue weighted by atomic mass is 19.1. The molecule has 1 fully saturated rings. The number of hydrogen-bond acceptors (Lipinski definition) is 3. The normalized spacial score (nSPS) is 13.6. The number of para-hydroxylation sites is 1. The first-order valence-electron chi connectivity index (χ1n) is 9.61. The highest BCUT2D eigenvalue weighted by molar-refractivity contribution is 6.06. The summed E-state index contributed by atoms with van der Waals surface area (Å²) in [6, 6.07) is 10.9. The van der Waals surface area contributed by atoms with Crippen molar-refractivity contribution in [2.75, 3.05) is 18.4 Å². The quantitative estimate of drug-likeness (QED) is 0.717. The van der Waals surface area contributed by atoms with Gasteiger partial charge in [0.05, 0.1) is 16.8 Å². The molecule has 1 aliphatic heterocycles. The van der Waals surface area contributed by atoms with Crippen LogP contribution >= 0.6 is 0 Å². The lowest BCUT2D eigenvalue weighted by Gasteiger charge is -2.18. The van der Waals surface area contributed by atoms with E-state index in [0.29, 0.717) is 35.6 Å². The van der Waals surface area contributed by atoms with Crippen LogP contribution in [0.15, 0.2) is 53.3 Å². The molecule has 2 heterocycles. The van der Waals surface area contributed by atoms with E-state index >= 15 is 0 Å². The van der Waals surface area contributed by atoms with Gasteiger partial charge in [-0.05, 0) is 31.0 Å². The lowest BCUT2D eigenvalue weighted by atomic mass is 10.1. The smallest absolute Gasteiger partial charge is 0.254 e. The Morgan fingerprint density at radius 3 is 2.47 bits per heavy atom. The van der Waals surface area contributed by atoms with Gasteiger partial charge in [-0.1, -0.05) is 18.2 Å². The molecule has 0 spiro atoms. The molecule has 0 bridgehead atoms. The number of amides is 2. The number of nitrogens with one attached hydrogen (secondary N) is 1. The van der Waals surface area contributed by atoms with Gasteiger partial charge in [0.25, 0.3) is 11.5 Å². The van der Waals surface area contributed by atoms with Crippen LogP contribution in [0.25, 0.3) is 10.9 Å². The number of anilines is 1. The molecule has 154 valence electrons. The number of hydrogen-bond donors (Lipinski definition) is 1. The standard InChI is InChI=1S/C22H19F2N3O3/c23-14-7-8-18(17(24)11-14)25-20(28)13-27-19-6-2-1-5-15(19)16(12-21(27)29)22(30)26-9-3-4-10-26/h1-2,5-8,11-12H,3-4,9-10,13H2,(H,25,28). The molecule has 0 unspecified atom stereocenters. The maximum Gasteiger partial charge on any atom is 0.254 e. The molecule has 0 atom stereocenters. The Morgan fingerprint density at radius 2 is 1.73 bits per heavy atom. The van der Waals surface area contributed by atoms with E-state index in [1.165, 1.54) is 10.6 Å². The molecule has 30 heavy (non-hydrogen) atoms. The SMILES string of the molecule is O=C(Cn1c(=O)cc(C(=O)N2CCCC2)c2ccccc21)Nc1ccc(F)cc1F. The van der Waals surface area contributed by atoms with Crippen LogP contribution in [-0.2, 0) is 11.3 Å². The van der Waals surface area contributed by atoms with E-state index in [1.807, 2.05) is 0 Å². The summed E-state index contributed by atoms with van der Waals surface area (Å²) in [6.07, 6.45) is 1.86. The van der Waals surface area contributed by atoms with E-state index in [0.717, 1.165) is 25.0 Å². The second-order valence-corrected chi connectivity index (χ2v) is 7.17. The Labute approximate surface area is 170 Å². The van der Waals surface area contributed by atoms with Crippen LogP contribution in [-0.4, -0.2) is 34.4 Å². The monoisotopic (exact) mass is 411 g/mol. The third-order valence-corrected chi connectivity index (χ3v) is 5.15. The van der Waals surface area contributed by atoms with Crippen LogP contribution in [0.3, 0.4) is 0 Å². The van der Waals surface area contributed by atoms with Gasteiger partial charge >= 0.3 is 0 Å². The van der Waals surface area contributed by atoms with Crippen LogP contribution in [0.2, 0.25) is 0 Å². The Kier molecular flexibility index (Phi) is 5.31. The van der Waals surface area contributed by atoms with Gasteiger partial charge in [-0.15, -0.1) is 0 Å². The molecule has 1 N–H and O–H groups in total. The number of aromatic nitrogens is 1. The first-order chi connectivity index (χ1) is 14.4. The highest BCUT2D eigenvalue weighted by Gasteiger charge is 2.23. The van der Waals surface area contributed by atoms with E-state index in [-0.39, 0.29) is 18.1 Å². The zero-order valence-corrected chi connectivity index (χ0v) is 16.0. The molecular weight excluding hydrogens is 392 g/mol. The summed E-state index contributed by atoms with van der Waals surface area (Å²) in [5.41, 5.74) is 0.0478. The Hall–Kier alpha value is -3.55. The van der Waals surface area contributed by atoms with Crippen LogP contribution in [0.4, 0.5) is 14.5 Å². The summed E-state index contributed by atoms with van der Waals surface area (Å²) in [5.74, 6) is -2.52. The number of nitrogens with zero attached hydrogens (tertiary/aromatic N) is 2. The number of carbonyl (C=O) groups is 2. The molecule has 1 saturated heterocycles. The van der Waals surface area contributed by atoms with Crippen molar-refractivity contribution in [1.29, 1.82) is 0 Å². The van der Waals surface area contributed by atoms with Crippen LogP contribution < -0.4 is 10.9 Å². The largest absolute Gasteiger partial charge is 0.339 e. The summed E-state index contributed by atoms with van der Waals surface area (Å²) >= 11 is 0. The number of likely N-dealkylation sites (tertiary alicyclic amines) is 1. The first-order valence-corrected chi connectivity index (χ1v) is 9.61. The summed E-state index contributed by atoms with van der Waals surface area (Å²) in [7, 11) is 0. The van der Waals surface area contributed by atoms with Crippen molar-refractivity contribution in [3.05, 3.63) is 76.1 Å². The number of halogens is 2. The van der Waals surface area contributed by atoms with Crippen molar-refractivity contribution in [3.8, 4) is 0 Å². The molecule has 2 aromatic carbocycles. The van der Waals surface area contributed by atoms with E-state index in [4.69, 9.17) is 0 Å². The van der Waals surface area contributed by atoms with Gasteiger partial charge < -0.3 is 10.2 Å². The fourth-order valence-corrected chi connectivity index (χ4v) is 3.69. The summed E-state index contributed by atoms with van der Waals surface area (Å²) in [6.45, 7) is 0.929. The Morgan fingerprint density at radius 1 is 1.00 bits per heavy atom. The van der Waals surface area contributed by atoms with Crippen molar-refractivity contribution in [2.45, 2.75) is 19.4 Å². The average Bonchev–Trinajstić information content (AvgIpc) is 3.26. The van der Waals surface area contributed by atoms with E-state index in [2.05, 4.69) is 5.32 Å². The molecule has 1 aromatic heterocycles. The fraction of sp³-hybridized carbons (Fsp3) is 0.227. The number of fused-ring (bicyclic) bond motifs is 1. The lowest BCUT2D eigenvalue weighted by Crippen LogP contribution is -2.32. The predicted molar refractivity (Wildman–Crippen MR) is 108 cm³/mol. The molecule has 6 nitrogen and oxygen atoms in total. The summed E-state index contributed by atoms with van der Waals surface area (Å²) < 4.78 is 28.1. The van der Waals surface area contributed by atoms with Crippen molar-refractivity contribution in [3.63, 3.8) is 0 Å². The third kappa shape index (κ3) is 3.80. The second kappa shape index (κ2) is 8.06. The van der Waals surface area contributed by atoms with Gasteiger partial charge in [-0.2, -0.15) is 0 Å². The first kappa shape index (κ1) is 19.8. The Balaban J connectivity index is 1.67. The summed E-state index contributed by atoms with van der Waals surface area (Å²) in [5, 5.41) is 2.91. The average molecular weight is 411 g/mol. The minimum absolute atomic E-state index is 0.181. The molecule has 3 aromatic rings. The van der Waals surface area contributed by atoms with E-state index in [1.54, 1.807) is 29.2 Å². The molecule has 4 rings (SSSR count). The Bertz CT molecular complexity index is 1200. The molecule has 2 amide bonds. The molecule has 8 heteroatoms. The molecule has 0 saturated carbocycles. The van der Waals surface area contributed by atoms with Crippen molar-refractivity contribution in [2.24, 2.45) is 0 Å². The van der Waals surface area contributed by atoms with Crippen LogP contribution in [0, 0.1) is 11.6 Å². The highest BCUT2D eigenvalue weighted by Crippen LogP contribution is 2.21. The third-order valence-electron chi connectivity index (χ3n) is 5.15. The molecule has 0 aliphatic carbocycles. The minimum Gasteiger partial charge on any atom is -0.339 e.